The summed E-state index contributed by atoms with van der Waals surface area (Å²) in [5, 5.41) is 2.74. The van der Waals surface area contributed by atoms with Crippen LogP contribution in [0.3, 0.4) is 0 Å². The number of nitrogens with zero attached hydrogens (tertiary/aromatic N) is 1. The molecule has 0 saturated carbocycles. The first-order valence-corrected chi connectivity index (χ1v) is 23.8. The molecule has 1 amide bonds. The third kappa shape index (κ3) is 12.5. The van der Waals surface area contributed by atoms with Crippen molar-refractivity contribution in [3.8, 4) is 11.5 Å². The number of carbonyl (C=O) groups is 1. The number of aromatic nitrogens is 1. The largest absolute Gasteiger partial charge is 0.524 e. The number of phosphoric acid groups is 1. The van der Waals surface area contributed by atoms with E-state index in [1.807, 2.05) is 36.4 Å². The van der Waals surface area contributed by atoms with Crippen LogP contribution in [0.2, 0.25) is 51.4 Å². The number of amides is 1. The van der Waals surface area contributed by atoms with E-state index in [-0.39, 0.29) is 24.5 Å². The van der Waals surface area contributed by atoms with E-state index in [1.54, 1.807) is 24.4 Å². The number of anilines is 1. The van der Waals surface area contributed by atoms with Gasteiger partial charge in [-0.2, -0.15) is 0 Å². The van der Waals surface area contributed by atoms with Gasteiger partial charge in [-0.3, -0.25) is 20.1 Å². The Bertz CT molecular complexity index is 1500. The van der Waals surface area contributed by atoms with Crippen molar-refractivity contribution < 1.29 is 42.6 Å². The minimum Gasteiger partial charge on any atom is -0.497 e. The summed E-state index contributed by atoms with van der Waals surface area (Å²) in [5.74, 6) is -2.26. The van der Waals surface area contributed by atoms with Gasteiger partial charge in [0.05, 0.1) is 31.7 Å². The van der Waals surface area contributed by atoms with E-state index in [4.69, 9.17) is 23.5 Å². The average Bonchev–Trinajstić information content (AvgIpc) is 2.95. The van der Waals surface area contributed by atoms with Crippen molar-refractivity contribution in [1.82, 2.24) is 4.98 Å². The maximum Gasteiger partial charge on any atom is 0.524 e. The Morgan fingerprint density at radius 3 is 2.11 bits per heavy atom. The third-order valence-corrected chi connectivity index (χ3v) is 10.4. The second-order valence-corrected chi connectivity index (χ2v) is 25.4. The highest BCUT2D eigenvalue weighted by molar-refractivity contribution is 7.46. The molecule has 0 spiro atoms. The van der Waals surface area contributed by atoms with Gasteiger partial charge in [-0.25, -0.2) is 9.36 Å². The van der Waals surface area contributed by atoms with Crippen molar-refractivity contribution in [2.24, 2.45) is 0 Å². The van der Waals surface area contributed by atoms with Crippen LogP contribution in [0.5, 0.6) is 11.5 Å². The molecule has 0 aliphatic rings. The first kappa shape index (κ1) is 37.2. The van der Waals surface area contributed by atoms with E-state index in [0.29, 0.717) is 29.2 Å². The number of phosphoric ester groups is 1. The fraction of sp³-hybridized carbons (Fsp3) is 0.375. The van der Waals surface area contributed by atoms with Crippen LogP contribution in [0, 0.1) is 0 Å². The molecular weight excluding hydrogens is 644 g/mol. The Balaban J connectivity index is 2.08. The molecule has 0 unspecified atom stereocenters. The molecule has 46 heavy (non-hydrogen) atoms. The van der Waals surface area contributed by atoms with Crippen molar-refractivity contribution in [3.63, 3.8) is 0 Å². The molecular formula is C32H45N2O9PSi2. The molecule has 0 radical (unpaired) electrons. The van der Waals surface area contributed by atoms with E-state index < -0.39 is 36.0 Å². The van der Waals surface area contributed by atoms with Gasteiger partial charge in [0.1, 0.15) is 17.1 Å². The van der Waals surface area contributed by atoms with Gasteiger partial charge in [0.2, 0.25) is 0 Å². The highest BCUT2D eigenvalue weighted by atomic mass is 31.2. The molecule has 2 aromatic carbocycles. The summed E-state index contributed by atoms with van der Waals surface area (Å²) >= 11 is 0. The molecule has 0 saturated heterocycles. The zero-order chi connectivity index (χ0) is 34.0. The van der Waals surface area contributed by atoms with Gasteiger partial charge < -0.3 is 23.5 Å². The molecule has 14 heteroatoms. The summed E-state index contributed by atoms with van der Waals surface area (Å²) in [4.78, 5) is 37.6. The van der Waals surface area contributed by atoms with Crippen molar-refractivity contribution in [2.45, 2.75) is 57.3 Å². The summed E-state index contributed by atoms with van der Waals surface area (Å²) < 4.78 is 41.2. The van der Waals surface area contributed by atoms with Crippen LogP contribution < -0.4 is 14.6 Å². The van der Waals surface area contributed by atoms with E-state index in [0.717, 1.165) is 5.56 Å². The lowest BCUT2D eigenvalue weighted by Gasteiger charge is -2.35. The smallest absolute Gasteiger partial charge is 0.497 e. The number of benzene rings is 2. The lowest BCUT2D eigenvalue weighted by molar-refractivity contribution is -0.364. The topological polar surface area (TPSA) is 146 Å². The molecule has 250 valence electrons. The van der Waals surface area contributed by atoms with Crippen LogP contribution >= 0.6 is 7.82 Å². The van der Waals surface area contributed by atoms with Crippen molar-refractivity contribution in [3.05, 3.63) is 83.7 Å². The maximum atomic E-state index is 13.7. The number of nitrogens with one attached hydrogen (secondary N) is 1. The number of ether oxygens (including phenoxy) is 4. The van der Waals surface area contributed by atoms with Gasteiger partial charge in [-0.15, -0.1) is 0 Å². The van der Waals surface area contributed by atoms with Crippen LogP contribution in [0.25, 0.3) is 12.2 Å². The van der Waals surface area contributed by atoms with Crippen LogP contribution in [-0.4, -0.2) is 57.3 Å². The zero-order valence-corrected chi connectivity index (χ0v) is 30.4. The Hall–Kier alpha value is -3.30. The monoisotopic (exact) mass is 688 g/mol. The number of methoxy groups -OCH3 is 1. The third-order valence-electron chi connectivity index (χ3n) is 6.56. The molecule has 0 aliphatic heterocycles. The number of rotatable bonds is 16. The molecule has 3 N–H and O–H groups in total. The minimum atomic E-state index is -5.05. The Kier molecular flexibility index (Phi) is 12.9. The van der Waals surface area contributed by atoms with Gasteiger partial charge in [-0.1, -0.05) is 75.7 Å². The quantitative estimate of drug-likeness (QED) is 0.0774. The molecule has 11 nitrogen and oxygen atoms in total. The Morgan fingerprint density at radius 1 is 0.913 bits per heavy atom. The van der Waals surface area contributed by atoms with Gasteiger partial charge >= 0.3 is 19.9 Å². The number of hydrogen-bond donors (Lipinski definition) is 3. The first-order valence-electron chi connectivity index (χ1n) is 14.9. The molecule has 3 aromatic rings. The highest BCUT2D eigenvalue weighted by Crippen LogP contribution is 2.45. The standard InChI is InChI=1S/C32H45N2O9PSi2/c1-39-26-16-18-30(43-44(36,37)38)27(24-26)32(40-20-22-45(2,3)4,41-21-23-46(5,6)7)42-31(35)34-29-14-11-19-33-28(29)17-15-25-12-9-8-10-13-25/h8-19,24H,20-23H2,1-7H3,(H,34,35)(H2,36,37,38). The molecule has 0 atom stereocenters. The fourth-order valence-corrected chi connectivity index (χ4v) is 5.87. The highest BCUT2D eigenvalue weighted by Gasteiger charge is 2.45. The molecule has 1 heterocycles. The van der Waals surface area contributed by atoms with Crippen LogP contribution in [-0.2, 0) is 24.7 Å². The summed E-state index contributed by atoms with van der Waals surface area (Å²) in [6.45, 7) is 13.2. The summed E-state index contributed by atoms with van der Waals surface area (Å²) in [7, 11) is -6.94. The second-order valence-electron chi connectivity index (χ2n) is 13.0. The van der Waals surface area contributed by atoms with Gasteiger partial charge in [0.15, 0.2) is 0 Å². The minimum absolute atomic E-state index is 0.0770. The maximum absolute atomic E-state index is 13.7. The molecule has 0 bridgehead atoms. The van der Waals surface area contributed by atoms with Crippen LogP contribution in [0.1, 0.15) is 16.8 Å². The van der Waals surface area contributed by atoms with Crippen LogP contribution in [0.4, 0.5) is 10.5 Å². The van der Waals surface area contributed by atoms with Crippen molar-refractivity contribution in [1.29, 1.82) is 0 Å². The predicted molar refractivity (Wildman–Crippen MR) is 185 cm³/mol. The molecule has 0 fully saturated rings. The summed E-state index contributed by atoms with van der Waals surface area (Å²) in [6.07, 6.45) is 4.28. The average molecular weight is 689 g/mol. The summed E-state index contributed by atoms with van der Waals surface area (Å²) in [6, 6.07) is 18.5. The van der Waals surface area contributed by atoms with Crippen molar-refractivity contribution >= 4 is 47.9 Å². The van der Waals surface area contributed by atoms with Crippen molar-refractivity contribution in [2.75, 3.05) is 25.6 Å². The number of carbonyl (C=O) groups excluding carboxylic acids is 1. The SMILES string of the molecule is COc1ccc(OP(=O)(O)O)c(C(OCC[Si](C)(C)C)(OCC[Si](C)(C)C)OC(=O)Nc2cccnc2C=Cc2ccccc2)c1. The number of pyridine rings is 1. The van der Waals surface area contributed by atoms with E-state index in [2.05, 4.69) is 49.6 Å². The first-order chi connectivity index (χ1) is 21.5. The lowest BCUT2D eigenvalue weighted by atomic mass is 10.1. The van der Waals surface area contributed by atoms with E-state index in [9.17, 15) is 19.1 Å². The summed E-state index contributed by atoms with van der Waals surface area (Å²) in [5.41, 5.74) is 1.70. The number of hydrogen-bond acceptors (Lipinski definition) is 8. The normalized spacial score (nSPS) is 12.6. The predicted octanol–water partition coefficient (Wildman–Crippen LogP) is 7.80. The second kappa shape index (κ2) is 16.0. The molecule has 0 aliphatic carbocycles. The fourth-order valence-electron chi connectivity index (χ4n) is 4.03. The van der Waals surface area contributed by atoms with Gasteiger partial charge in [-0.05, 0) is 54.1 Å². The Labute approximate surface area is 273 Å². The molecule has 1 aromatic heterocycles. The van der Waals surface area contributed by atoms with E-state index >= 15 is 0 Å². The lowest BCUT2D eigenvalue weighted by Crippen LogP contribution is -2.42. The Morgan fingerprint density at radius 2 is 1.54 bits per heavy atom. The van der Waals surface area contributed by atoms with E-state index in [1.165, 1.54) is 25.3 Å². The molecule has 3 rings (SSSR count). The zero-order valence-electron chi connectivity index (χ0n) is 27.5. The van der Waals surface area contributed by atoms with Gasteiger partial charge in [0, 0.05) is 22.3 Å². The van der Waals surface area contributed by atoms with Crippen LogP contribution in [0.15, 0.2) is 66.9 Å². The van der Waals surface area contributed by atoms with Gasteiger partial charge in [0.25, 0.3) is 0 Å².